The normalized spacial score (nSPS) is 10.5. The van der Waals surface area contributed by atoms with Gasteiger partial charge in [0.1, 0.15) is 5.75 Å². The number of benzene rings is 3. The number of hydrogen-bond donors (Lipinski definition) is 1. The summed E-state index contributed by atoms with van der Waals surface area (Å²) in [6.45, 7) is 1.28. The number of amides is 1. The fourth-order valence-electron chi connectivity index (χ4n) is 2.90. The zero-order valence-electron chi connectivity index (χ0n) is 14.7. The van der Waals surface area contributed by atoms with E-state index in [0.717, 1.165) is 17.5 Å². The molecule has 1 N–H and O–H groups in total. The van der Waals surface area contributed by atoms with Crippen molar-refractivity contribution in [2.75, 3.05) is 6.54 Å². The molecular weight excluding hydrogens is 322 g/mol. The minimum absolute atomic E-state index is 0.0930. The van der Waals surface area contributed by atoms with E-state index in [4.69, 9.17) is 0 Å². The van der Waals surface area contributed by atoms with Gasteiger partial charge < -0.3 is 10.0 Å². The maximum Gasteiger partial charge on any atom is 0.227 e. The highest BCUT2D eigenvalue weighted by atomic mass is 16.3. The highest BCUT2D eigenvalue weighted by molar-refractivity contribution is 5.78. The zero-order valence-corrected chi connectivity index (χ0v) is 14.7. The molecule has 0 heterocycles. The smallest absolute Gasteiger partial charge is 0.227 e. The molecular formula is C23H23NO2. The summed E-state index contributed by atoms with van der Waals surface area (Å²) in [5.41, 5.74) is 3.26. The van der Waals surface area contributed by atoms with E-state index in [1.54, 1.807) is 24.3 Å². The van der Waals surface area contributed by atoms with Gasteiger partial charge in [-0.1, -0.05) is 72.8 Å². The molecule has 3 aromatic rings. The van der Waals surface area contributed by atoms with E-state index < -0.39 is 0 Å². The van der Waals surface area contributed by atoms with Crippen LogP contribution in [-0.2, 0) is 24.2 Å². The molecule has 0 spiro atoms. The molecule has 0 atom stereocenters. The van der Waals surface area contributed by atoms with Crippen molar-refractivity contribution in [1.82, 2.24) is 4.90 Å². The van der Waals surface area contributed by atoms with Crippen molar-refractivity contribution < 1.29 is 9.90 Å². The van der Waals surface area contributed by atoms with Crippen LogP contribution in [0.2, 0.25) is 0 Å². The molecule has 0 bridgehead atoms. The van der Waals surface area contributed by atoms with Crippen LogP contribution >= 0.6 is 0 Å². The van der Waals surface area contributed by atoms with Crippen molar-refractivity contribution in [2.45, 2.75) is 19.4 Å². The SMILES string of the molecule is O=C(Cc1ccc(O)cc1)N(CCc1ccccc1)Cc1ccccc1. The third-order valence-corrected chi connectivity index (χ3v) is 4.37. The molecule has 3 rings (SSSR count). The molecule has 26 heavy (non-hydrogen) atoms. The second-order valence-corrected chi connectivity index (χ2v) is 6.38. The first-order valence-corrected chi connectivity index (χ1v) is 8.84. The first kappa shape index (κ1) is 17.7. The van der Waals surface area contributed by atoms with E-state index in [2.05, 4.69) is 12.1 Å². The summed E-state index contributed by atoms with van der Waals surface area (Å²) in [5.74, 6) is 0.307. The number of hydrogen-bond acceptors (Lipinski definition) is 2. The van der Waals surface area contributed by atoms with Crippen LogP contribution in [0.4, 0.5) is 0 Å². The van der Waals surface area contributed by atoms with Gasteiger partial charge in [-0.2, -0.15) is 0 Å². The average molecular weight is 345 g/mol. The summed E-state index contributed by atoms with van der Waals surface area (Å²) in [7, 11) is 0. The van der Waals surface area contributed by atoms with Gasteiger partial charge >= 0.3 is 0 Å². The fraction of sp³-hybridized carbons (Fsp3) is 0.174. The number of nitrogens with zero attached hydrogens (tertiary/aromatic N) is 1. The van der Waals surface area contributed by atoms with Crippen LogP contribution in [0.1, 0.15) is 16.7 Å². The van der Waals surface area contributed by atoms with Crippen LogP contribution in [0, 0.1) is 0 Å². The minimum atomic E-state index is 0.0930. The van der Waals surface area contributed by atoms with E-state index in [0.29, 0.717) is 19.5 Å². The molecule has 0 aromatic heterocycles. The molecule has 0 aliphatic carbocycles. The Balaban J connectivity index is 1.70. The second kappa shape index (κ2) is 8.86. The Labute approximate surface area is 154 Å². The molecule has 0 aliphatic rings. The van der Waals surface area contributed by atoms with Crippen LogP contribution < -0.4 is 0 Å². The second-order valence-electron chi connectivity index (χ2n) is 6.38. The van der Waals surface area contributed by atoms with Gasteiger partial charge in [0.15, 0.2) is 0 Å². The van der Waals surface area contributed by atoms with E-state index in [1.807, 2.05) is 53.4 Å². The molecule has 3 heteroatoms. The first-order chi connectivity index (χ1) is 12.7. The van der Waals surface area contributed by atoms with E-state index >= 15 is 0 Å². The highest BCUT2D eigenvalue weighted by Gasteiger charge is 2.15. The number of rotatable bonds is 7. The van der Waals surface area contributed by atoms with Crippen LogP contribution in [-0.4, -0.2) is 22.5 Å². The summed E-state index contributed by atoms with van der Waals surface area (Å²) < 4.78 is 0. The predicted octanol–water partition coefficient (Wildman–Crippen LogP) is 4.21. The topological polar surface area (TPSA) is 40.5 Å². The highest BCUT2D eigenvalue weighted by Crippen LogP contribution is 2.13. The Morgan fingerprint density at radius 3 is 1.92 bits per heavy atom. The maximum absolute atomic E-state index is 12.9. The number of carbonyl (C=O) groups is 1. The molecule has 132 valence electrons. The number of phenolic OH excluding ortho intramolecular Hbond substituents is 1. The standard InChI is InChI=1S/C23H23NO2/c25-22-13-11-20(12-14-22)17-23(26)24(18-21-9-5-2-6-10-21)16-15-19-7-3-1-4-8-19/h1-14,25H,15-18H2. The van der Waals surface area contributed by atoms with Crippen LogP contribution in [0.25, 0.3) is 0 Å². The van der Waals surface area contributed by atoms with Crippen LogP contribution in [0.5, 0.6) is 5.75 Å². The largest absolute Gasteiger partial charge is 0.508 e. The fourth-order valence-corrected chi connectivity index (χ4v) is 2.90. The Kier molecular flexibility index (Phi) is 6.05. The number of aromatic hydroxyl groups is 1. The maximum atomic E-state index is 12.9. The lowest BCUT2D eigenvalue weighted by molar-refractivity contribution is -0.131. The van der Waals surface area contributed by atoms with Crippen molar-refractivity contribution in [3.8, 4) is 5.75 Å². The Morgan fingerprint density at radius 2 is 1.31 bits per heavy atom. The Bertz CT molecular complexity index is 814. The lowest BCUT2D eigenvalue weighted by Gasteiger charge is -2.23. The minimum Gasteiger partial charge on any atom is -0.508 e. The molecule has 0 aliphatic heterocycles. The van der Waals surface area contributed by atoms with Crippen molar-refractivity contribution >= 4 is 5.91 Å². The van der Waals surface area contributed by atoms with Gasteiger partial charge in [-0.05, 0) is 35.2 Å². The molecule has 0 unspecified atom stereocenters. The number of carbonyl (C=O) groups excluding carboxylic acids is 1. The lowest BCUT2D eigenvalue weighted by Crippen LogP contribution is -2.33. The van der Waals surface area contributed by atoms with E-state index in [-0.39, 0.29) is 11.7 Å². The van der Waals surface area contributed by atoms with Crippen LogP contribution in [0.15, 0.2) is 84.9 Å². The molecule has 0 saturated carbocycles. The van der Waals surface area contributed by atoms with Crippen molar-refractivity contribution in [3.05, 3.63) is 102 Å². The van der Waals surface area contributed by atoms with Gasteiger partial charge in [0, 0.05) is 13.1 Å². The average Bonchev–Trinajstić information content (AvgIpc) is 2.68. The zero-order chi connectivity index (χ0) is 18.2. The summed E-state index contributed by atoms with van der Waals surface area (Å²) in [6, 6.07) is 27.1. The number of phenols is 1. The van der Waals surface area contributed by atoms with E-state index in [9.17, 15) is 9.90 Å². The summed E-state index contributed by atoms with van der Waals surface area (Å²) in [5, 5.41) is 9.41. The molecule has 0 saturated heterocycles. The Morgan fingerprint density at radius 1 is 0.731 bits per heavy atom. The van der Waals surface area contributed by atoms with Crippen molar-refractivity contribution in [3.63, 3.8) is 0 Å². The lowest BCUT2D eigenvalue weighted by atomic mass is 10.1. The molecule has 1 amide bonds. The van der Waals surface area contributed by atoms with E-state index in [1.165, 1.54) is 5.56 Å². The summed E-state index contributed by atoms with van der Waals surface area (Å²) in [6.07, 6.45) is 1.16. The molecule has 0 radical (unpaired) electrons. The monoisotopic (exact) mass is 345 g/mol. The molecule has 0 fully saturated rings. The van der Waals surface area contributed by atoms with Crippen LogP contribution in [0.3, 0.4) is 0 Å². The van der Waals surface area contributed by atoms with Gasteiger partial charge in [-0.15, -0.1) is 0 Å². The van der Waals surface area contributed by atoms with Gasteiger partial charge in [-0.25, -0.2) is 0 Å². The third-order valence-electron chi connectivity index (χ3n) is 4.37. The summed E-state index contributed by atoms with van der Waals surface area (Å²) in [4.78, 5) is 14.8. The van der Waals surface area contributed by atoms with Gasteiger partial charge in [-0.3, -0.25) is 4.79 Å². The van der Waals surface area contributed by atoms with Gasteiger partial charge in [0.2, 0.25) is 5.91 Å². The summed E-state index contributed by atoms with van der Waals surface area (Å²) >= 11 is 0. The quantitative estimate of drug-likeness (QED) is 0.697. The van der Waals surface area contributed by atoms with Gasteiger partial charge in [0.05, 0.1) is 6.42 Å². The Hall–Kier alpha value is -3.07. The van der Waals surface area contributed by atoms with Crippen molar-refractivity contribution in [1.29, 1.82) is 0 Å². The molecule has 3 nitrogen and oxygen atoms in total. The third kappa shape index (κ3) is 5.21. The molecule has 3 aromatic carbocycles. The van der Waals surface area contributed by atoms with Gasteiger partial charge in [0.25, 0.3) is 0 Å². The van der Waals surface area contributed by atoms with Crippen molar-refractivity contribution in [2.24, 2.45) is 0 Å². The predicted molar refractivity (Wildman–Crippen MR) is 104 cm³/mol. The first-order valence-electron chi connectivity index (χ1n) is 8.84.